The molecule has 1 aliphatic heterocycles. The molecule has 0 bridgehead atoms. The number of likely N-dealkylation sites (tertiary alicyclic amines) is 1. The first-order chi connectivity index (χ1) is 11.2. The second-order valence-corrected chi connectivity index (χ2v) is 5.65. The fourth-order valence-electron chi connectivity index (χ4n) is 2.85. The lowest BCUT2D eigenvalue weighted by molar-refractivity contribution is 0.0589. The van der Waals surface area contributed by atoms with E-state index in [0.29, 0.717) is 24.4 Å². The lowest BCUT2D eigenvalue weighted by Crippen LogP contribution is -2.41. The Hall–Kier alpha value is -2.43. The first-order valence-electron chi connectivity index (χ1n) is 7.82. The van der Waals surface area contributed by atoms with Gasteiger partial charge in [0.05, 0.1) is 18.9 Å². The number of aryl methyl sites for hydroxylation is 1. The summed E-state index contributed by atoms with van der Waals surface area (Å²) in [4.78, 5) is 14.3. The molecule has 0 aliphatic carbocycles. The van der Waals surface area contributed by atoms with Gasteiger partial charge in [0.25, 0.3) is 5.91 Å². The fraction of sp³-hybridized carbons (Fsp3) is 0.389. The first-order valence-corrected chi connectivity index (χ1v) is 7.82. The molecule has 2 aromatic rings. The SMILES string of the molecule is COc1ccccc1OC1CCN(C(=O)c2ccoc2C)CC1. The van der Waals surface area contributed by atoms with Crippen molar-refractivity contribution in [1.82, 2.24) is 4.90 Å². The summed E-state index contributed by atoms with van der Waals surface area (Å²) < 4.78 is 16.6. The molecular formula is C18H21NO4. The van der Waals surface area contributed by atoms with E-state index in [1.807, 2.05) is 36.1 Å². The molecule has 3 rings (SSSR count). The standard InChI is InChI=1S/C18H21NO4/c1-13-15(9-12-22-13)18(20)19-10-7-14(8-11-19)23-17-6-4-3-5-16(17)21-2/h3-6,9,12,14H,7-8,10-11H2,1-2H3. The zero-order valence-electron chi connectivity index (χ0n) is 13.5. The molecule has 0 atom stereocenters. The van der Waals surface area contributed by atoms with Gasteiger partial charge in [0.15, 0.2) is 11.5 Å². The lowest BCUT2D eigenvalue weighted by atomic mass is 10.1. The fourth-order valence-corrected chi connectivity index (χ4v) is 2.85. The van der Waals surface area contributed by atoms with Crippen molar-refractivity contribution >= 4 is 5.91 Å². The van der Waals surface area contributed by atoms with Gasteiger partial charge in [-0.1, -0.05) is 12.1 Å². The van der Waals surface area contributed by atoms with Crippen LogP contribution >= 0.6 is 0 Å². The summed E-state index contributed by atoms with van der Waals surface area (Å²) in [6.45, 7) is 3.18. The van der Waals surface area contributed by atoms with E-state index in [1.54, 1.807) is 19.4 Å². The zero-order chi connectivity index (χ0) is 16.2. The van der Waals surface area contributed by atoms with E-state index in [2.05, 4.69) is 0 Å². The van der Waals surface area contributed by atoms with Crippen LogP contribution in [0, 0.1) is 6.92 Å². The molecule has 5 nitrogen and oxygen atoms in total. The molecule has 2 heterocycles. The number of ether oxygens (including phenoxy) is 2. The molecule has 1 aromatic heterocycles. The Morgan fingerprint density at radius 1 is 1.17 bits per heavy atom. The van der Waals surface area contributed by atoms with Gasteiger partial charge in [-0.05, 0) is 25.1 Å². The smallest absolute Gasteiger partial charge is 0.257 e. The molecule has 1 amide bonds. The van der Waals surface area contributed by atoms with Crippen LogP contribution in [0.1, 0.15) is 29.0 Å². The number of hydrogen-bond acceptors (Lipinski definition) is 4. The summed E-state index contributed by atoms with van der Waals surface area (Å²) in [5, 5.41) is 0. The van der Waals surface area contributed by atoms with Gasteiger partial charge >= 0.3 is 0 Å². The second kappa shape index (κ2) is 6.77. The quantitative estimate of drug-likeness (QED) is 0.869. The van der Waals surface area contributed by atoms with Crippen molar-refractivity contribution in [3.63, 3.8) is 0 Å². The number of carbonyl (C=O) groups excluding carboxylic acids is 1. The van der Waals surface area contributed by atoms with E-state index >= 15 is 0 Å². The molecule has 0 radical (unpaired) electrons. The van der Waals surface area contributed by atoms with Crippen molar-refractivity contribution in [1.29, 1.82) is 0 Å². The predicted molar refractivity (Wildman–Crippen MR) is 86.0 cm³/mol. The Morgan fingerprint density at radius 2 is 1.87 bits per heavy atom. The number of furan rings is 1. The van der Waals surface area contributed by atoms with Crippen molar-refractivity contribution in [3.8, 4) is 11.5 Å². The van der Waals surface area contributed by atoms with E-state index < -0.39 is 0 Å². The van der Waals surface area contributed by atoms with Crippen LogP contribution in [0.2, 0.25) is 0 Å². The van der Waals surface area contributed by atoms with Crippen molar-refractivity contribution in [2.75, 3.05) is 20.2 Å². The van der Waals surface area contributed by atoms with Crippen LogP contribution in [0.3, 0.4) is 0 Å². The third-order valence-corrected chi connectivity index (χ3v) is 4.18. The summed E-state index contributed by atoms with van der Waals surface area (Å²) >= 11 is 0. The number of nitrogens with zero attached hydrogens (tertiary/aromatic N) is 1. The highest BCUT2D eigenvalue weighted by molar-refractivity contribution is 5.95. The summed E-state index contributed by atoms with van der Waals surface area (Å²) in [5.74, 6) is 2.19. The summed E-state index contributed by atoms with van der Waals surface area (Å²) in [5.41, 5.74) is 0.647. The average molecular weight is 315 g/mol. The van der Waals surface area contributed by atoms with Crippen LogP contribution in [0.25, 0.3) is 0 Å². The molecule has 122 valence electrons. The van der Waals surface area contributed by atoms with Crippen molar-refractivity contribution in [3.05, 3.63) is 47.9 Å². The highest BCUT2D eigenvalue weighted by atomic mass is 16.5. The molecule has 1 aliphatic rings. The highest BCUT2D eigenvalue weighted by Crippen LogP contribution is 2.29. The molecule has 0 N–H and O–H groups in total. The Kier molecular flexibility index (Phi) is 4.55. The van der Waals surface area contributed by atoms with Crippen molar-refractivity contribution < 1.29 is 18.7 Å². The Bertz CT molecular complexity index is 671. The Balaban J connectivity index is 1.58. The predicted octanol–water partition coefficient (Wildman–Crippen LogP) is 3.28. The van der Waals surface area contributed by atoms with Gasteiger partial charge in [0, 0.05) is 25.9 Å². The van der Waals surface area contributed by atoms with Crippen LogP contribution in [0.4, 0.5) is 0 Å². The topological polar surface area (TPSA) is 51.9 Å². The van der Waals surface area contributed by atoms with Gasteiger partial charge in [-0.3, -0.25) is 4.79 Å². The normalized spacial score (nSPS) is 15.5. The first kappa shape index (κ1) is 15.5. The Morgan fingerprint density at radius 3 is 2.48 bits per heavy atom. The Labute approximate surface area is 135 Å². The molecule has 1 fully saturated rings. The van der Waals surface area contributed by atoms with E-state index in [-0.39, 0.29) is 12.0 Å². The molecular weight excluding hydrogens is 294 g/mol. The van der Waals surface area contributed by atoms with Gasteiger partial charge in [-0.2, -0.15) is 0 Å². The van der Waals surface area contributed by atoms with Gasteiger partial charge in [0.1, 0.15) is 11.9 Å². The van der Waals surface area contributed by atoms with E-state index in [1.165, 1.54) is 0 Å². The maximum atomic E-state index is 12.5. The summed E-state index contributed by atoms with van der Waals surface area (Å²) in [6, 6.07) is 9.37. The van der Waals surface area contributed by atoms with Crippen LogP contribution in [-0.4, -0.2) is 37.1 Å². The van der Waals surface area contributed by atoms with Crippen molar-refractivity contribution in [2.45, 2.75) is 25.9 Å². The molecule has 1 aromatic carbocycles. The third-order valence-electron chi connectivity index (χ3n) is 4.18. The average Bonchev–Trinajstić information content (AvgIpc) is 3.01. The number of amides is 1. The number of para-hydroxylation sites is 2. The lowest BCUT2D eigenvalue weighted by Gasteiger charge is -2.32. The molecule has 0 unspecified atom stereocenters. The highest BCUT2D eigenvalue weighted by Gasteiger charge is 2.26. The molecule has 0 saturated carbocycles. The number of methoxy groups -OCH3 is 1. The van der Waals surface area contributed by atoms with Gasteiger partial charge in [0.2, 0.25) is 0 Å². The van der Waals surface area contributed by atoms with E-state index in [4.69, 9.17) is 13.9 Å². The molecule has 5 heteroatoms. The largest absolute Gasteiger partial charge is 0.493 e. The summed E-state index contributed by atoms with van der Waals surface area (Å²) in [6.07, 6.45) is 3.27. The maximum absolute atomic E-state index is 12.5. The number of benzene rings is 1. The van der Waals surface area contributed by atoms with Gasteiger partial charge < -0.3 is 18.8 Å². The minimum absolute atomic E-state index is 0.0343. The van der Waals surface area contributed by atoms with Crippen LogP contribution in [-0.2, 0) is 0 Å². The maximum Gasteiger partial charge on any atom is 0.257 e. The van der Waals surface area contributed by atoms with Gasteiger partial charge in [-0.25, -0.2) is 0 Å². The van der Waals surface area contributed by atoms with E-state index in [9.17, 15) is 4.79 Å². The minimum atomic E-state index is 0.0343. The van der Waals surface area contributed by atoms with Crippen molar-refractivity contribution in [2.24, 2.45) is 0 Å². The van der Waals surface area contributed by atoms with Crippen LogP contribution in [0.5, 0.6) is 11.5 Å². The van der Waals surface area contributed by atoms with Crippen LogP contribution < -0.4 is 9.47 Å². The number of piperidine rings is 1. The molecule has 0 spiro atoms. The van der Waals surface area contributed by atoms with Crippen LogP contribution in [0.15, 0.2) is 41.0 Å². The number of hydrogen-bond donors (Lipinski definition) is 0. The number of rotatable bonds is 4. The number of carbonyl (C=O) groups is 1. The minimum Gasteiger partial charge on any atom is -0.493 e. The molecule has 23 heavy (non-hydrogen) atoms. The molecule has 1 saturated heterocycles. The zero-order valence-corrected chi connectivity index (χ0v) is 13.5. The second-order valence-electron chi connectivity index (χ2n) is 5.65. The van der Waals surface area contributed by atoms with Gasteiger partial charge in [-0.15, -0.1) is 0 Å². The summed E-state index contributed by atoms with van der Waals surface area (Å²) in [7, 11) is 1.64. The third kappa shape index (κ3) is 3.33. The monoisotopic (exact) mass is 315 g/mol. The van der Waals surface area contributed by atoms with E-state index in [0.717, 1.165) is 24.3 Å².